The van der Waals surface area contributed by atoms with E-state index in [9.17, 15) is 13.2 Å². The molecule has 110 valence electrons. The Hall–Kier alpha value is -1.41. The van der Waals surface area contributed by atoms with Gasteiger partial charge in [-0.1, -0.05) is 12.1 Å². The van der Waals surface area contributed by atoms with E-state index in [1.54, 1.807) is 24.3 Å². The summed E-state index contributed by atoms with van der Waals surface area (Å²) in [6.45, 7) is 0. The number of sulfone groups is 1. The molecular weight excluding hydrogens is 401 g/mol. The third-order valence-electron chi connectivity index (χ3n) is 2.75. The minimum Gasteiger partial charge on any atom is -0.322 e. The zero-order valence-corrected chi connectivity index (χ0v) is 14.3. The lowest BCUT2D eigenvalue weighted by Gasteiger charge is -2.06. The number of rotatable bonds is 4. The normalized spacial score (nSPS) is 11.1. The number of hydrogen-bond donors (Lipinski definition) is 1. The van der Waals surface area contributed by atoms with Gasteiger partial charge in [0.15, 0.2) is 9.84 Å². The zero-order valence-electron chi connectivity index (χ0n) is 11.3. The highest BCUT2D eigenvalue weighted by atomic mass is 127. The van der Waals surface area contributed by atoms with E-state index in [1.807, 2.05) is 24.3 Å². The van der Waals surface area contributed by atoms with Gasteiger partial charge in [0, 0.05) is 21.1 Å². The van der Waals surface area contributed by atoms with Gasteiger partial charge in [0.25, 0.3) is 5.91 Å². The first-order valence-electron chi connectivity index (χ1n) is 6.17. The van der Waals surface area contributed by atoms with Gasteiger partial charge >= 0.3 is 0 Å². The molecule has 0 aliphatic heterocycles. The van der Waals surface area contributed by atoms with Crippen molar-refractivity contribution in [3.63, 3.8) is 0 Å². The van der Waals surface area contributed by atoms with Crippen LogP contribution in [0, 0.1) is 3.57 Å². The number of carbonyl (C=O) groups is 1. The third kappa shape index (κ3) is 5.13. The first kappa shape index (κ1) is 16.0. The second kappa shape index (κ2) is 6.57. The Labute approximate surface area is 137 Å². The first-order valence-corrected chi connectivity index (χ1v) is 9.31. The van der Waals surface area contributed by atoms with Crippen molar-refractivity contribution in [2.24, 2.45) is 0 Å². The molecule has 0 radical (unpaired) electrons. The molecule has 0 aliphatic carbocycles. The minimum atomic E-state index is -3.06. The van der Waals surface area contributed by atoms with Gasteiger partial charge in [-0.2, -0.15) is 0 Å². The summed E-state index contributed by atoms with van der Waals surface area (Å²) in [4.78, 5) is 12.1. The minimum absolute atomic E-state index is 0.0218. The quantitative estimate of drug-likeness (QED) is 0.781. The Bertz CT molecular complexity index is 737. The third-order valence-corrected chi connectivity index (χ3v) is 4.32. The van der Waals surface area contributed by atoms with Crippen LogP contribution in [0.1, 0.15) is 15.9 Å². The highest BCUT2D eigenvalue weighted by molar-refractivity contribution is 14.1. The van der Waals surface area contributed by atoms with Crippen LogP contribution in [-0.4, -0.2) is 20.6 Å². The summed E-state index contributed by atoms with van der Waals surface area (Å²) in [6.07, 6.45) is 1.18. The van der Waals surface area contributed by atoms with E-state index in [4.69, 9.17) is 0 Å². The van der Waals surface area contributed by atoms with E-state index in [0.29, 0.717) is 11.1 Å². The number of hydrogen-bond acceptors (Lipinski definition) is 3. The molecule has 0 saturated heterocycles. The molecule has 0 bridgehead atoms. The van der Waals surface area contributed by atoms with Crippen molar-refractivity contribution in [3.05, 3.63) is 63.2 Å². The van der Waals surface area contributed by atoms with Crippen LogP contribution in [0.25, 0.3) is 0 Å². The van der Waals surface area contributed by atoms with E-state index in [1.165, 1.54) is 6.26 Å². The lowest BCUT2D eigenvalue weighted by atomic mass is 10.1. The molecule has 21 heavy (non-hydrogen) atoms. The summed E-state index contributed by atoms with van der Waals surface area (Å²) in [6, 6.07) is 14.0. The summed E-state index contributed by atoms with van der Waals surface area (Å²) in [7, 11) is -3.06. The topological polar surface area (TPSA) is 63.2 Å². The van der Waals surface area contributed by atoms with Crippen LogP contribution >= 0.6 is 22.6 Å². The largest absolute Gasteiger partial charge is 0.322 e. The molecule has 0 saturated carbocycles. The maximum absolute atomic E-state index is 12.1. The summed E-state index contributed by atoms with van der Waals surface area (Å²) < 4.78 is 23.5. The van der Waals surface area contributed by atoms with Gasteiger partial charge < -0.3 is 5.32 Å². The fraction of sp³-hybridized carbons (Fsp3) is 0.133. The van der Waals surface area contributed by atoms with Crippen LogP contribution in [-0.2, 0) is 15.6 Å². The summed E-state index contributed by atoms with van der Waals surface area (Å²) in [5.41, 5.74) is 1.88. The predicted molar refractivity (Wildman–Crippen MR) is 92.1 cm³/mol. The monoisotopic (exact) mass is 415 g/mol. The van der Waals surface area contributed by atoms with Gasteiger partial charge in [-0.3, -0.25) is 4.79 Å². The second-order valence-electron chi connectivity index (χ2n) is 4.73. The predicted octanol–water partition coefficient (Wildman–Crippen LogP) is 3.09. The van der Waals surface area contributed by atoms with Crippen molar-refractivity contribution in [3.8, 4) is 0 Å². The van der Waals surface area contributed by atoms with E-state index >= 15 is 0 Å². The fourth-order valence-corrected chi connectivity index (χ4v) is 2.95. The molecule has 6 heteroatoms. The van der Waals surface area contributed by atoms with Crippen LogP contribution in [0.2, 0.25) is 0 Å². The standard InChI is InChI=1S/C15H14INO3S/c1-21(19,20)10-11-2-4-12(5-3-11)15(18)17-14-8-6-13(16)7-9-14/h2-9H,10H2,1H3,(H,17,18). The van der Waals surface area contributed by atoms with Crippen molar-refractivity contribution < 1.29 is 13.2 Å². The molecule has 0 aliphatic rings. The molecule has 0 aromatic heterocycles. The van der Waals surface area contributed by atoms with Gasteiger partial charge in [-0.25, -0.2) is 8.42 Å². The molecule has 0 atom stereocenters. The number of anilines is 1. The van der Waals surface area contributed by atoms with E-state index in [0.717, 1.165) is 9.26 Å². The molecule has 4 nitrogen and oxygen atoms in total. The Balaban J connectivity index is 2.08. The molecule has 1 amide bonds. The number of halogens is 1. The van der Waals surface area contributed by atoms with Crippen LogP contribution in [0.15, 0.2) is 48.5 Å². The van der Waals surface area contributed by atoms with E-state index in [2.05, 4.69) is 27.9 Å². The lowest BCUT2D eigenvalue weighted by molar-refractivity contribution is 0.102. The average molecular weight is 415 g/mol. The molecule has 2 aromatic carbocycles. The first-order chi connectivity index (χ1) is 9.83. The molecule has 0 fully saturated rings. The highest BCUT2D eigenvalue weighted by Gasteiger charge is 2.08. The molecule has 0 spiro atoms. The van der Waals surface area contributed by atoms with Crippen LogP contribution in [0.3, 0.4) is 0 Å². The Morgan fingerprint density at radius 3 is 2.14 bits per heavy atom. The van der Waals surface area contributed by atoms with Crippen molar-refractivity contribution in [2.45, 2.75) is 5.75 Å². The molecule has 0 unspecified atom stereocenters. The Morgan fingerprint density at radius 2 is 1.62 bits per heavy atom. The maximum Gasteiger partial charge on any atom is 0.255 e. The summed E-state index contributed by atoms with van der Waals surface area (Å²) in [5.74, 6) is -0.242. The number of benzene rings is 2. The van der Waals surface area contributed by atoms with Crippen molar-refractivity contribution in [1.29, 1.82) is 0 Å². The zero-order chi connectivity index (χ0) is 15.5. The maximum atomic E-state index is 12.1. The van der Waals surface area contributed by atoms with Crippen molar-refractivity contribution in [1.82, 2.24) is 0 Å². The van der Waals surface area contributed by atoms with E-state index < -0.39 is 9.84 Å². The lowest BCUT2D eigenvalue weighted by Crippen LogP contribution is -2.12. The van der Waals surface area contributed by atoms with Crippen molar-refractivity contribution in [2.75, 3.05) is 11.6 Å². The van der Waals surface area contributed by atoms with Gasteiger partial charge in [-0.05, 0) is 64.6 Å². The molecule has 1 N–H and O–H groups in total. The molecule has 2 rings (SSSR count). The average Bonchev–Trinajstić information content (AvgIpc) is 2.40. The smallest absolute Gasteiger partial charge is 0.255 e. The molecular formula is C15H14INO3S. The van der Waals surface area contributed by atoms with Crippen LogP contribution < -0.4 is 5.32 Å². The Morgan fingerprint density at radius 1 is 1.05 bits per heavy atom. The molecule has 2 aromatic rings. The summed E-state index contributed by atoms with van der Waals surface area (Å²) in [5, 5.41) is 2.79. The van der Waals surface area contributed by atoms with Crippen LogP contribution in [0.5, 0.6) is 0 Å². The summed E-state index contributed by atoms with van der Waals surface area (Å²) >= 11 is 2.19. The number of carbonyl (C=O) groups excluding carboxylic acids is 1. The SMILES string of the molecule is CS(=O)(=O)Cc1ccc(C(=O)Nc2ccc(I)cc2)cc1. The van der Waals surface area contributed by atoms with Gasteiger partial charge in [0.2, 0.25) is 0 Å². The van der Waals surface area contributed by atoms with Gasteiger partial charge in [-0.15, -0.1) is 0 Å². The van der Waals surface area contributed by atoms with Crippen LogP contribution in [0.4, 0.5) is 5.69 Å². The van der Waals surface area contributed by atoms with E-state index in [-0.39, 0.29) is 11.7 Å². The van der Waals surface area contributed by atoms with Crippen molar-refractivity contribution >= 4 is 44.0 Å². The van der Waals surface area contributed by atoms with Gasteiger partial charge in [0.05, 0.1) is 5.75 Å². The number of nitrogens with one attached hydrogen (secondary N) is 1. The fourth-order valence-electron chi connectivity index (χ4n) is 1.79. The second-order valence-corrected chi connectivity index (χ2v) is 8.11. The number of amides is 1. The Kier molecular flexibility index (Phi) is 5.00. The van der Waals surface area contributed by atoms with Gasteiger partial charge in [0.1, 0.15) is 0 Å². The molecule has 0 heterocycles. The highest BCUT2D eigenvalue weighted by Crippen LogP contribution is 2.13.